The Bertz CT molecular complexity index is 593. The second-order valence-corrected chi connectivity index (χ2v) is 3.59. The summed E-state index contributed by atoms with van der Waals surface area (Å²) in [5.41, 5.74) is 7.26. The number of H-pyrrole nitrogens is 1. The summed E-state index contributed by atoms with van der Waals surface area (Å²) in [7, 11) is 0. The van der Waals surface area contributed by atoms with E-state index in [4.69, 9.17) is 16.2 Å². The summed E-state index contributed by atoms with van der Waals surface area (Å²) in [4.78, 5) is 10.7. The molecule has 1 heterocycles. The number of anilines is 1. The average molecular weight is 282 g/mol. The third-order valence-electron chi connectivity index (χ3n) is 2.27. The second kappa shape index (κ2) is 5.87. The van der Waals surface area contributed by atoms with Crippen molar-refractivity contribution >= 4 is 30.0 Å². The molecule has 0 bridgehead atoms. The van der Waals surface area contributed by atoms with Crippen LogP contribution in [-0.2, 0) is 0 Å². The molecule has 0 saturated carbocycles. The fourth-order valence-corrected chi connectivity index (χ4v) is 1.47. The third-order valence-corrected chi connectivity index (χ3v) is 2.27. The number of rotatable bonds is 3. The normalized spacial score (nSPS) is 9.47. The number of carbonyl (C=O) groups is 1. The SMILES string of the molecule is Cl.N=C(N)Nc1ccc(-c2cc(C(=O)O)n[nH]2)cc1. The van der Waals surface area contributed by atoms with Crippen molar-refractivity contribution in [2.75, 3.05) is 5.32 Å². The number of nitrogens with one attached hydrogen (secondary N) is 3. The molecule has 0 saturated heterocycles. The smallest absolute Gasteiger partial charge is 0.356 e. The van der Waals surface area contributed by atoms with Crippen LogP contribution in [0.3, 0.4) is 0 Å². The van der Waals surface area contributed by atoms with Crippen molar-refractivity contribution in [2.24, 2.45) is 5.73 Å². The number of guanidine groups is 1. The first-order valence-corrected chi connectivity index (χ1v) is 5.06. The number of aromatic carboxylic acids is 1. The molecule has 8 heteroatoms. The molecule has 1 aromatic heterocycles. The van der Waals surface area contributed by atoms with Crippen molar-refractivity contribution in [3.63, 3.8) is 0 Å². The molecule has 0 aliphatic heterocycles. The number of halogens is 1. The summed E-state index contributed by atoms with van der Waals surface area (Å²) in [5, 5.41) is 24.8. The number of nitrogens with two attached hydrogens (primary N) is 1. The van der Waals surface area contributed by atoms with Crippen molar-refractivity contribution in [2.45, 2.75) is 0 Å². The highest BCUT2D eigenvalue weighted by Crippen LogP contribution is 2.20. The zero-order chi connectivity index (χ0) is 13.1. The molecule has 7 nitrogen and oxygen atoms in total. The van der Waals surface area contributed by atoms with Gasteiger partial charge in [-0.25, -0.2) is 4.79 Å². The van der Waals surface area contributed by atoms with Crippen LogP contribution in [0.1, 0.15) is 10.5 Å². The molecule has 0 aliphatic carbocycles. The zero-order valence-electron chi connectivity index (χ0n) is 9.68. The van der Waals surface area contributed by atoms with Crippen LogP contribution in [0.4, 0.5) is 5.69 Å². The van der Waals surface area contributed by atoms with E-state index in [-0.39, 0.29) is 24.1 Å². The monoisotopic (exact) mass is 281 g/mol. The first-order valence-electron chi connectivity index (χ1n) is 5.06. The van der Waals surface area contributed by atoms with Gasteiger partial charge in [-0.3, -0.25) is 10.5 Å². The van der Waals surface area contributed by atoms with Crippen LogP contribution in [0.2, 0.25) is 0 Å². The van der Waals surface area contributed by atoms with E-state index in [9.17, 15) is 4.79 Å². The van der Waals surface area contributed by atoms with Gasteiger partial charge >= 0.3 is 5.97 Å². The fraction of sp³-hybridized carbons (Fsp3) is 0. The van der Waals surface area contributed by atoms with Gasteiger partial charge in [0.15, 0.2) is 11.7 Å². The quantitative estimate of drug-likeness (QED) is 0.430. The standard InChI is InChI=1S/C11H11N5O2.ClH/c12-11(13)14-7-3-1-6(2-4-7)8-5-9(10(17)18)16-15-8;/h1-5H,(H,15,16)(H,17,18)(H4,12,13,14);1H. The van der Waals surface area contributed by atoms with Crippen LogP contribution in [0, 0.1) is 5.41 Å². The number of carboxylic acids is 1. The minimum Gasteiger partial charge on any atom is -0.476 e. The van der Waals surface area contributed by atoms with E-state index >= 15 is 0 Å². The number of hydrogen-bond acceptors (Lipinski definition) is 3. The summed E-state index contributed by atoms with van der Waals surface area (Å²) in [6, 6.07) is 8.46. The van der Waals surface area contributed by atoms with Crippen molar-refractivity contribution in [3.8, 4) is 11.3 Å². The van der Waals surface area contributed by atoms with Crippen LogP contribution >= 0.6 is 12.4 Å². The second-order valence-electron chi connectivity index (χ2n) is 3.59. The van der Waals surface area contributed by atoms with Gasteiger partial charge in [0.05, 0.1) is 5.69 Å². The highest BCUT2D eigenvalue weighted by molar-refractivity contribution is 5.90. The minimum atomic E-state index is -1.08. The molecule has 2 rings (SSSR count). The number of benzene rings is 1. The average Bonchev–Trinajstić information content (AvgIpc) is 2.78. The Hall–Kier alpha value is -2.54. The number of aromatic nitrogens is 2. The Morgan fingerprint density at radius 1 is 1.37 bits per heavy atom. The Kier molecular flexibility index (Phi) is 4.49. The first kappa shape index (κ1) is 14.5. The fourth-order valence-electron chi connectivity index (χ4n) is 1.47. The van der Waals surface area contributed by atoms with E-state index < -0.39 is 5.97 Å². The molecule has 1 aromatic carbocycles. The van der Waals surface area contributed by atoms with Gasteiger partial charge in [-0.1, -0.05) is 12.1 Å². The number of carboxylic acid groups (broad SMARTS) is 1. The first-order chi connectivity index (χ1) is 8.56. The molecule has 0 aliphatic rings. The van der Waals surface area contributed by atoms with Crippen molar-refractivity contribution < 1.29 is 9.90 Å². The molecule has 19 heavy (non-hydrogen) atoms. The minimum absolute atomic E-state index is 0. The van der Waals surface area contributed by atoms with E-state index in [1.54, 1.807) is 24.3 Å². The summed E-state index contributed by atoms with van der Waals surface area (Å²) in [6.45, 7) is 0. The molecule has 6 N–H and O–H groups in total. The molecular weight excluding hydrogens is 270 g/mol. The van der Waals surface area contributed by atoms with Crippen LogP contribution in [0.5, 0.6) is 0 Å². The lowest BCUT2D eigenvalue weighted by atomic mass is 10.1. The topological polar surface area (TPSA) is 128 Å². The maximum absolute atomic E-state index is 10.7. The highest BCUT2D eigenvalue weighted by Gasteiger charge is 2.09. The predicted molar refractivity (Wildman–Crippen MR) is 73.8 cm³/mol. The van der Waals surface area contributed by atoms with Crippen LogP contribution in [-0.4, -0.2) is 27.2 Å². The van der Waals surface area contributed by atoms with Gasteiger partial charge in [-0.15, -0.1) is 12.4 Å². The van der Waals surface area contributed by atoms with Crippen LogP contribution in [0.25, 0.3) is 11.3 Å². The van der Waals surface area contributed by atoms with E-state index in [1.165, 1.54) is 6.07 Å². The Labute approximate surface area is 114 Å². The summed E-state index contributed by atoms with van der Waals surface area (Å²) in [5.74, 6) is -1.22. The lowest BCUT2D eigenvalue weighted by Crippen LogP contribution is -2.20. The van der Waals surface area contributed by atoms with Crippen LogP contribution < -0.4 is 11.1 Å². The lowest BCUT2D eigenvalue weighted by Gasteiger charge is -2.04. The largest absolute Gasteiger partial charge is 0.476 e. The van der Waals surface area contributed by atoms with Gasteiger partial charge < -0.3 is 16.2 Å². The van der Waals surface area contributed by atoms with Gasteiger partial charge in [0.25, 0.3) is 0 Å². The van der Waals surface area contributed by atoms with Gasteiger partial charge in [-0.05, 0) is 23.8 Å². The summed E-state index contributed by atoms with van der Waals surface area (Å²) >= 11 is 0. The molecule has 0 amide bonds. The Morgan fingerprint density at radius 2 is 2.00 bits per heavy atom. The number of aromatic amines is 1. The maximum Gasteiger partial charge on any atom is 0.356 e. The number of nitrogens with zero attached hydrogens (tertiary/aromatic N) is 1. The van der Waals surface area contributed by atoms with Gasteiger partial charge in [0.2, 0.25) is 0 Å². The molecule has 0 atom stereocenters. The molecular formula is C11H12ClN5O2. The summed E-state index contributed by atoms with van der Waals surface area (Å²) < 4.78 is 0. The van der Waals surface area contributed by atoms with Gasteiger partial charge in [0.1, 0.15) is 0 Å². The molecule has 0 unspecified atom stereocenters. The maximum atomic E-state index is 10.7. The summed E-state index contributed by atoms with van der Waals surface area (Å²) in [6.07, 6.45) is 0. The molecule has 0 spiro atoms. The van der Waals surface area contributed by atoms with E-state index in [0.29, 0.717) is 11.4 Å². The van der Waals surface area contributed by atoms with Gasteiger partial charge in [0, 0.05) is 5.69 Å². The number of hydrogen-bond donors (Lipinski definition) is 5. The van der Waals surface area contributed by atoms with E-state index in [2.05, 4.69) is 15.5 Å². The molecule has 2 aromatic rings. The van der Waals surface area contributed by atoms with E-state index in [1.807, 2.05) is 0 Å². The van der Waals surface area contributed by atoms with Crippen molar-refractivity contribution in [1.82, 2.24) is 10.2 Å². The Balaban J connectivity index is 0.00000180. The van der Waals surface area contributed by atoms with E-state index in [0.717, 1.165) is 5.56 Å². The third kappa shape index (κ3) is 3.46. The molecule has 100 valence electrons. The van der Waals surface area contributed by atoms with Crippen LogP contribution in [0.15, 0.2) is 30.3 Å². The van der Waals surface area contributed by atoms with Crippen molar-refractivity contribution in [1.29, 1.82) is 5.41 Å². The lowest BCUT2D eigenvalue weighted by molar-refractivity contribution is 0.0690. The van der Waals surface area contributed by atoms with Gasteiger partial charge in [-0.2, -0.15) is 5.10 Å². The highest BCUT2D eigenvalue weighted by atomic mass is 35.5. The Morgan fingerprint density at radius 3 is 2.47 bits per heavy atom. The zero-order valence-corrected chi connectivity index (χ0v) is 10.5. The molecule has 0 radical (unpaired) electrons. The molecule has 0 fully saturated rings. The predicted octanol–water partition coefficient (Wildman–Crippen LogP) is 1.50. The van der Waals surface area contributed by atoms with Crippen molar-refractivity contribution in [3.05, 3.63) is 36.0 Å².